The first-order valence-corrected chi connectivity index (χ1v) is 6.88. The van der Waals surface area contributed by atoms with Crippen LogP contribution in [0.5, 0.6) is 5.75 Å². The minimum atomic E-state index is -1.12. The van der Waals surface area contributed by atoms with Gasteiger partial charge < -0.3 is 9.84 Å². The maximum Gasteiger partial charge on any atom is 0.336 e. The van der Waals surface area contributed by atoms with Gasteiger partial charge in [-0.1, -0.05) is 18.2 Å². The highest BCUT2D eigenvalue weighted by atomic mass is 32.2. The molecule has 0 aliphatic heterocycles. The van der Waals surface area contributed by atoms with E-state index in [1.807, 2.05) is 24.3 Å². The van der Waals surface area contributed by atoms with Crippen LogP contribution in [0.4, 0.5) is 4.39 Å². The smallest absolute Gasteiger partial charge is 0.336 e. The van der Waals surface area contributed by atoms with Gasteiger partial charge in [-0.15, -0.1) is 11.8 Å². The third kappa shape index (κ3) is 3.30. The Labute approximate surface area is 120 Å². The zero-order valence-corrected chi connectivity index (χ0v) is 11.6. The molecule has 0 fully saturated rings. The van der Waals surface area contributed by atoms with E-state index in [9.17, 15) is 9.18 Å². The molecular weight excluding hydrogens is 279 g/mol. The largest absolute Gasteiger partial charge is 0.497 e. The van der Waals surface area contributed by atoms with E-state index in [0.717, 1.165) is 11.3 Å². The normalized spacial score (nSPS) is 10.3. The molecule has 5 heteroatoms. The lowest BCUT2D eigenvalue weighted by molar-refractivity contribution is 0.0692. The Morgan fingerprint density at radius 3 is 2.55 bits per heavy atom. The fraction of sp³-hybridized carbons (Fsp3) is 0.133. The molecule has 2 aromatic rings. The van der Waals surface area contributed by atoms with Gasteiger partial charge in [0, 0.05) is 5.75 Å². The third-order valence-electron chi connectivity index (χ3n) is 2.74. The molecular formula is C15H13FO3S. The van der Waals surface area contributed by atoms with Crippen LogP contribution in [0.3, 0.4) is 0 Å². The van der Waals surface area contributed by atoms with Crippen molar-refractivity contribution in [2.24, 2.45) is 0 Å². The van der Waals surface area contributed by atoms with Crippen molar-refractivity contribution in [3.8, 4) is 5.75 Å². The Balaban J connectivity index is 2.16. The maximum absolute atomic E-state index is 13.7. The maximum atomic E-state index is 13.7. The first kappa shape index (κ1) is 14.4. The van der Waals surface area contributed by atoms with E-state index in [4.69, 9.17) is 9.84 Å². The van der Waals surface area contributed by atoms with E-state index >= 15 is 0 Å². The summed E-state index contributed by atoms with van der Waals surface area (Å²) >= 11 is 1.17. The van der Waals surface area contributed by atoms with Crippen LogP contribution >= 0.6 is 11.8 Å². The number of hydrogen-bond donors (Lipinski definition) is 1. The molecule has 2 aromatic carbocycles. The first-order chi connectivity index (χ1) is 9.61. The van der Waals surface area contributed by atoms with Crippen molar-refractivity contribution in [1.82, 2.24) is 0 Å². The van der Waals surface area contributed by atoms with E-state index in [2.05, 4.69) is 0 Å². The predicted octanol–water partition coefficient (Wildman–Crippen LogP) is 3.82. The predicted molar refractivity (Wildman–Crippen MR) is 75.9 cm³/mol. The number of carbonyl (C=O) groups is 1. The second kappa shape index (κ2) is 6.43. The van der Waals surface area contributed by atoms with Gasteiger partial charge >= 0.3 is 5.97 Å². The van der Waals surface area contributed by atoms with Gasteiger partial charge in [0.25, 0.3) is 0 Å². The molecule has 20 heavy (non-hydrogen) atoms. The number of halogens is 1. The minimum absolute atomic E-state index is 0.0106. The van der Waals surface area contributed by atoms with Gasteiger partial charge in [0.15, 0.2) is 0 Å². The number of hydrogen-bond acceptors (Lipinski definition) is 3. The monoisotopic (exact) mass is 292 g/mol. The fourth-order valence-corrected chi connectivity index (χ4v) is 2.72. The quantitative estimate of drug-likeness (QED) is 0.851. The summed E-state index contributed by atoms with van der Waals surface area (Å²) in [6, 6.07) is 11.4. The summed E-state index contributed by atoms with van der Waals surface area (Å²) in [7, 11) is 1.59. The van der Waals surface area contributed by atoms with Crippen molar-refractivity contribution in [2.75, 3.05) is 7.11 Å². The number of benzene rings is 2. The lowest BCUT2D eigenvalue weighted by Crippen LogP contribution is -2.00. The zero-order valence-electron chi connectivity index (χ0n) is 10.8. The van der Waals surface area contributed by atoms with Gasteiger partial charge in [-0.05, 0) is 29.8 Å². The Morgan fingerprint density at radius 2 is 1.95 bits per heavy atom. The highest BCUT2D eigenvalue weighted by Gasteiger charge is 2.14. The molecule has 0 saturated carbocycles. The molecule has 0 aromatic heterocycles. The van der Waals surface area contributed by atoms with Gasteiger partial charge in [0.05, 0.1) is 17.6 Å². The Hall–Kier alpha value is -2.01. The van der Waals surface area contributed by atoms with Crippen LogP contribution in [0.2, 0.25) is 0 Å². The summed E-state index contributed by atoms with van der Waals surface area (Å²) in [6.07, 6.45) is 0. The molecule has 0 aliphatic carbocycles. The van der Waals surface area contributed by atoms with Crippen LogP contribution in [0.1, 0.15) is 15.9 Å². The molecule has 0 amide bonds. The van der Waals surface area contributed by atoms with Gasteiger partial charge in [-0.3, -0.25) is 0 Å². The molecule has 2 rings (SSSR count). The third-order valence-corrected chi connectivity index (χ3v) is 3.92. The lowest BCUT2D eigenvalue weighted by Gasteiger charge is -2.07. The number of carboxylic acid groups (broad SMARTS) is 1. The van der Waals surface area contributed by atoms with Crippen molar-refractivity contribution in [3.05, 3.63) is 59.4 Å². The number of methoxy groups -OCH3 is 1. The van der Waals surface area contributed by atoms with Crippen LogP contribution in [-0.2, 0) is 5.75 Å². The molecule has 0 unspecified atom stereocenters. The lowest BCUT2D eigenvalue weighted by atomic mass is 10.2. The molecule has 0 saturated heterocycles. The molecule has 1 N–H and O–H groups in total. The van der Waals surface area contributed by atoms with Crippen molar-refractivity contribution >= 4 is 17.7 Å². The van der Waals surface area contributed by atoms with Crippen LogP contribution in [0, 0.1) is 5.82 Å². The minimum Gasteiger partial charge on any atom is -0.497 e. The van der Waals surface area contributed by atoms with Gasteiger partial charge in [-0.2, -0.15) is 0 Å². The SMILES string of the molecule is COc1ccc(CSc2c(F)cccc2C(=O)O)cc1. The Kier molecular flexibility index (Phi) is 4.63. The van der Waals surface area contributed by atoms with Gasteiger partial charge in [-0.25, -0.2) is 9.18 Å². The average molecular weight is 292 g/mol. The van der Waals surface area contributed by atoms with E-state index < -0.39 is 11.8 Å². The van der Waals surface area contributed by atoms with Crippen LogP contribution in [-0.4, -0.2) is 18.2 Å². The van der Waals surface area contributed by atoms with Gasteiger partial charge in [0.2, 0.25) is 0 Å². The molecule has 0 bridgehead atoms. The summed E-state index contributed by atoms with van der Waals surface area (Å²) in [4.78, 5) is 11.2. The zero-order chi connectivity index (χ0) is 14.5. The summed E-state index contributed by atoms with van der Waals surface area (Å²) in [5, 5.41) is 9.06. The standard InChI is InChI=1S/C15H13FO3S/c1-19-11-7-5-10(6-8-11)9-20-14-12(15(17)18)3-2-4-13(14)16/h2-8H,9H2,1H3,(H,17,18). The molecule has 104 valence electrons. The Morgan fingerprint density at radius 1 is 1.25 bits per heavy atom. The van der Waals surface area contributed by atoms with Gasteiger partial charge in [0.1, 0.15) is 11.6 Å². The fourth-order valence-electron chi connectivity index (χ4n) is 1.70. The highest BCUT2D eigenvalue weighted by molar-refractivity contribution is 7.98. The van der Waals surface area contributed by atoms with Crippen LogP contribution < -0.4 is 4.74 Å². The highest BCUT2D eigenvalue weighted by Crippen LogP contribution is 2.29. The number of rotatable bonds is 5. The van der Waals surface area contributed by atoms with E-state index in [1.165, 1.54) is 30.0 Å². The Bertz CT molecular complexity index is 611. The molecule has 0 radical (unpaired) electrons. The van der Waals surface area contributed by atoms with E-state index in [0.29, 0.717) is 5.75 Å². The number of aromatic carboxylic acids is 1. The van der Waals surface area contributed by atoms with E-state index in [1.54, 1.807) is 7.11 Å². The van der Waals surface area contributed by atoms with Crippen molar-refractivity contribution in [2.45, 2.75) is 10.6 Å². The second-order valence-electron chi connectivity index (χ2n) is 4.06. The van der Waals surface area contributed by atoms with Crippen molar-refractivity contribution in [1.29, 1.82) is 0 Å². The molecule has 0 atom stereocenters. The second-order valence-corrected chi connectivity index (χ2v) is 5.04. The summed E-state index contributed by atoms with van der Waals surface area (Å²) in [5.41, 5.74) is 0.957. The number of carboxylic acids is 1. The van der Waals surface area contributed by atoms with Crippen molar-refractivity contribution in [3.63, 3.8) is 0 Å². The average Bonchev–Trinajstić information content (AvgIpc) is 2.46. The first-order valence-electron chi connectivity index (χ1n) is 5.89. The van der Waals surface area contributed by atoms with Crippen LogP contribution in [0.25, 0.3) is 0 Å². The topological polar surface area (TPSA) is 46.5 Å². The number of thioether (sulfide) groups is 1. The molecule has 0 heterocycles. The molecule has 0 spiro atoms. The molecule has 3 nitrogen and oxygen atoms in total. The van der Waals surface area contributed by atoms with Crippen LogP contribution in [0.15, 0.2) is 47.4 Å². The van der Waals surface area contributed by atoms with E-state index in [-0.39, 0.29) is 10.5 Å². The summed E-state index contributed by atoms with van der Waals surface area (Å²) in [6.45, 7) is 0. The number of ether oxygens (including phenoxy) is 1. The summed E-state index contributed by atoms with van der Waals surface area (Å²) < 4.78 is 18.8. The van der Waals surface area contributed by atoms with Crippen molar-refractivity contribution < 1.29 is 19.0 Å². The molecule has 0 aliphatic rings. The summed E-state index contributed by atoms with van der Waals surface area (Å²) in [5.74, 6) is -0.397.